The van der Waals surface area contributed by atoms with Crippen molar-refractivity contribution < 1.29 is 4.79 Å². The molecule has 0 aliphatic carbocycles. The van der Waals surface area contributed by atoms with Crippen LogP contribution < -0.4 is 0 Å². The molecule has 0 radical (unpaired) electrons. The Bertz CT molecular complexity index is 403. The Kier molecular flexibility index (Phi) is 1.94. The molecule has 0 bridgehead atoms. The first-order valence-electron chi connectivity index (χ1n) is 3.22. The molecule has 0 fully saturated rings. The van der Waals surface area contributed by atoms with E-state index >= 15 is 0 Å². The second-order valence-electron chi connectivity index (χ2n) is 2.26. The van der Waals surface area contributed by atoms with Crippen molar-refractivity contribution in [3.63, 3.8) is 0 Å². The zero-order valence-corrected chi connectivity index (χ0v) is 6.38. The van der Waals surface area contributed by atoms with E-state index in [-0.39, 0.29) is 16.8 Å². The van der Waals surface area contributed by atoms with Gasteiger partial charge in [-0.1, -0.05) is 0 Å². The number of rotatable bonds is 1. The fourth-order valence-electron chi connectivity index (χ4n) is 0.993. The fraction of sp³-hybridized carbons (Fsp3) is 0.125. The van der Waals surface area contributed by atoms with Crippen molar-refractivity contribution >= 4 is 6.29 Å². The summed E-state index contributed by atoms with van der Waals surface area (Å²) in [5.41, 5.74) is 1.10. The van der Waals surface area contributed by atoms with Crippen molar-refractivity contribution in [3.05, 3.63) is 22.5 Å². The van der Waals surface area contributed by atoms with Crippen LogP contribution in [-0.2, 0) is 0 Å². The van der Waals surface area contributed by atoms with Crippen LogP contribution in [0, 0.1) is 29.6 Å². The average molecular weight is 159 g/mol. The van der Waals surface area contributed by atoms with E-state index in [9.17, 15) is 4.79 Å². The standard InChI is InChI=1S/C8H5N3O/c1-5-6(2-9)7(3-10)8(4-12)11-5/h4,11H,1H3. The summed E-state index contributed by atoms with van der Waals surface area (Å²) in [7, 11) is 0. The molecule has 1 rings (SSSR count). The minimum Gasteiger partial charge on any atom is -0.354 e. The molecule has 58 valence electrons. The van der Waals surface area contributed by atoms with Crippen molar-refractivity contribution in [2.45, 2.75) is 6.92 Å². The predicted molar refractivity (Wildman–Crippen MR) is 40.3 cm³/mol. The Balaban J connectivity index is 3.51. The number of aromatic nitrogens is 1. The smallest absolute Gasteiger partial charge is 0.167 e. The third-order valence-electron chi connectivity index (χ3n) is 1.56. The molecule has 0 aromatic carbocycles. The summed E-state index contributed by atoms with van der Waals surface area (Å²) in [5.74, 6) is 0. The summed E-state index contributed by atoms with van der Waals surface area (Å²) in [4.78, 5) is 13.0. The summed E-state index contributed by atoms with van der Waals surface area (Å²) in [6, 6.07) is 3.66. The van der Waals surface area contributed by atoms with Gasteiger partial charge in [-0.3, -0.25) is 4.79 Å². The Morgan fingerprint density at radius 2 is 1.92 bits per heavy atom. The number of carbonyl (C=O) groups excluding carboxylic acids is 1. The van der Waals surface area contributed by atoms with Gasteiger partial charge in [0.1, 0.15) is 12.1 Å². The lowest BCUT2D eigenvalue weighted by Gasteiger charge is -1.82. The van der Waals surface area contributed by atoms with Gasteiger partial charge < -0.3 is 4.98 Å². The Labute approximate surface area is 69.0 Å². The van der Waals surface area contributed by atoms with Gasteiger partial charge in [-0.25, -0.2) is 0 Å². The number of aryl methyl sites for hydroxylation is 1. The molecule has 0 saturated carbocycles. The number of nitrogens with zero attached hydrogens (tertiary/aromatic N) is 2. The molecule has 0 saturated heterocycles. The summed E-state index contributed by atoms with van der Waals surface area (Å²) in [6.45, 7) is 1.65. The summed E-state index contributed by atoms with van der Waals surface area (Å²) in [5, 5.41) is 17.2. The van der Waals surface area contributed by atoms with E-state index in [4.69, 9.17) is 10.5 Å². The van der Waals surface area contributed by atoms with Gasteiger partial charge in [0.25, 0.3) is 0 Å². The summed E-state index contributed by atoms with van der Waals surface area (Å²) < 4.78 is 0. The number of hydrogen-bond donors (Lipinski definition) is 1. The number of nitrogens with one attached hydrogen (secondary N) is 1. The van der Waals surface area contributed by atoms with Crippen LogP contribution in [-0.4, -0.2) is 11.3 Å². The highest BCUT2D eigenvalue weighted by Gasteiger charge is 2.12. The van der Waals surface area contributed by atoms with Gasteiger partial charge >= 0.3 is 0 Å². The minimum absolute atomic E-state index is 0.130. The van der Waals surface area contributed by atoms with E-state index in [0.717, 1.165) is 0 Å². The van der Waals surface area contributed by atoms with Gasteiger partial charge in [-0.05, 0) is 6.92 Å². The Morgan fingerprint density at radius 1 is 1.33 bits per heavy atom. The second-order valence-corrected chi connectivity index (χ2v) is 2.26. The van der Waals surface area contributed by atoms with Crippen molar-refractivity contribution in [2.75, 3.05) is 0 Å². The normalized spacial score (nSPS) is 8.58. The largest absolute Gasteiger partial charge is 0.354 e. The zero-order chi connectivity index (χ0) is 9.14. The van der Waals surface area contributed by atoms with Crippen LogP contribution in [0.5, 0.6) is 0 Å². The molecule has 1 N–H and O–H groups in total. The van der Waals surface area contributed by atoms with E-state index in [2.05, 4.69) is 4.98 Å². The molecule has 1 aromatic rings. The molecule has 0 amide bonds. The van der Waals surface area contributed by atoms with Crippen LogP contribution in [0.1, 0.15) is 27.3 Å². The average Bonchev–Trinajstić information content (AvgIpc) is 2.40. The Hall–Kier alpha value is -2.07. The van der Waals surface area contributed by atoms with Gasteiger partial charge in [0, 0.05) is 5.69 Å². The third-order valence-corrected chi connectivity index (χ3v) is 1.56. The highest BCUT2D eigenvalue weighted by atomic mass is 16.1. The number of hydrogen-bond acceptors (Lipinski definition) is 3. The maximum absolute atomic E-state index is 10.4. The molecule has 0 unspecified atom stereocenters. The van der Waals surface area contributed by atoms with Gasteiger partial charge in [0.2, 0.25) is 0 Å². The van der Waals surface area contributed by atoms with E-state index in [1.165, 1.54) is 0 Å². The number of aromatic amines is 1. The predicted octanol–water partition coefficient (Wildman–Crippen LogP) is 0.879. The summed E-state index contributed by atoms with van der Waals surface area (Å²) in [6.07, 6.45) is 0.534. The van der Waals surface area contributed by atoms with Gasteiger partial charge in [0.05, 0.1) is 16.8 Å². The third kappa shape index (κ3) is 0.959. The van der Waals surface area contributed by atoms with Crippen LogP contribution in [0.4, 0.5) is 0 Å². The van der Waals surface area contributed by atoms with Crippen molar-refractivity contribution in [2.24, 2.45) is 0 Å². The maximum Gasteiger partial charge on any atom is 0.167 e. The van der Waals surface area contributed by atoms with Crippen LogP contribution >= 0.6 is 0 Å². The molecule has 12 heavy (non-hydrogen) atoms. The second kappa shape index (κ2) is 2.89. The van der Waals surface area contributed by atoms with Crippen molar-refractivity contribution in [3.8, 4) is 12.1 Å². The molecule has 4 nitrogen and oxygen atoms in total. The minimum atomic E-state index is 0.130. The van der Waals surface area contributed by atoms with Gasteiger partial charge in [-0.15, -0.1) is 0 Å². The first-order valence-corrected chi connectivity index (χ1v) is 3.22. The molecule has 0 aliphatic rings. The van der Waals surface area contributed by atoms with Crippen molar-refractivity contribution in [1.82, 2.24) is 4.98 Å². The number of carbonyl (C=O) groups is 1. The molecule has 1 heterocycles. The summed E-state index contributed by atoms with van der Waals surface area (Å²) >= 11 is 0. The molecule has 1 aromatic heterocycles. The maximum atomic E-state index is 10.4. The van der Waals surface area contributed by atoms with E-state index in [0.29, 0.717) is 12.0 Å². The fourth-order valence-corrected chi connectivity index (χ4v) is 0.993. The first kappa shape index (κ1) is 8.03. The van der Waals surface area contributed by atoms with Crippen LogP contribution in [0.15, 0.2) is 0 Å². The molecule has 0 atom stereocenters. The molecule has 0 aliphatic heterocycles. The van der Waals surface area contributed by atoms with Gasteiger partial charge in [-0.2, -0.15) is 10.5 Å². The molecule has 0 spiro atoms. The Morgan fingerprint density at radius 3 is 2.33 bits per heavy atom. The highest BCUT2D eigenvalue weighted by molar-refractivity contribution is 5.79. The molecular weight excluding hydrogens is 154 g/mol. The van der Waals surface area contributed by atoms with Crippen molar-refractivity contribution in [1.29, 1.82) is 10.5 Å². The number of H-pyrrole nitrogens is 1. The van der Waals surface area contributed by atoms with E-state index in [1.54, 1.807) is 13.0 Å². The van der Waals surface area contributed by atoms with Gasteiger partial charge in [0.15, 0.2) is 6.29 Å². The first-order chi connectivity index (χ1) is 5.74. The zero-order valence-electron chi connectivity index (χ0n) is 6.38. The number of aldehydes is 1. The SMILES string of the molecule is Cc1[nH]c(C=O)c(C#N)c1C#N. The monoisotopic (exact) mass is 159 g/mol. The van der Waals surface area contributed by atoms with E-state index in [1.807, 2.05) is 6.07 Å². The molecule has 4 heteroatoms. The lowest BCUT2D eigenvalue weighted by atomic mass is 10.1. The quantitative estimate of drug-likeness (QED) is 0.617. The lowest BCUT2D eigenvalue weighted by molar-refractivity contribution is 0.111. The van der Waals surface area contributed by atoms with Crippen LogP contribution in [0.25, 0.3) is 0 Å². The lowest BCUT2D eigenvalue weighted by Crippen LogP contribution is -1.83. The van der Waals surface area contributed by atoms with Crippen LogP contribution in [0.3, 0.4) is 0 Å². The topological polar surface area (TPSA) is 80.4 Å². The van der Waals surface area contributed by atoms with Crippen LogP contribution in [0.2, 0.25) is 0 Å². The molecular formula is C8H5N3O. The van der Waals surface area contributed by atoms with E-state index < -0.39 is 0 Å². The highest BCUT2D eigenvalue weighted by Crippen LogP contribution is 2.14. The number of nitriles is 2.